The van der Waals surface area contributed by atoms with Gasteiger partial charge in [-0.05, 0) is 48.4 Å². The van der Waals surface area contributed by atoms with Gasteiger partial charge in [-0.3, -0.25) is 14.5 Å². The molecule has 0 radical (unpaired) electrons. The van der Waals surface area contributed by atoms with E-state index < -0.39 is 0 Å². The van der Waals surface area contributed by atoms with E-state index in [2.05, 4.69) is 10.3 Å². The molecule has 0 fully saturated rings. The van der Waals surface area contributed by atoms with Crippen LogP contribution in [0.25, 0.3) is 0 Å². The number of amides is 2. The highest BCUT2D eigenvalue weighted by molar-refractivity contribution is 6.36. The van der Waals surface area contributed by atoms with Gasteiger partial charge >= 0.3 is 0 Å². The van der Waals surface area contributed by atoms with Gasteiger partial charge in [0, 0.05) is 17.1 Å². The fraction of sp³-hybridized carbons (Fsp3) is 0.0952. The first-order chi connectivity index (χ1) is 13.5. The minimum absolute atomic E-state index is 0.0886. The average molecular weight is 412 g/mol. The molecule has 1 aliphatic heterocycles. The second-order valence-corrected chi connectivity index (χ2v) is 7.20. The van der Waals surface area contributed by atoms with Crippen LogP contribution in [0.3, 0.4) is 0 Å². The third kappa shape index (κ3) is 3.59. The maximum absolute atomic E-state index is 12.7. The number of nitrogens with zero attached hydrogens (tertiary/aromatic N) is 2. The number of benzene rings is 2. The lowest BCUT2D eigenvalue weighted by Crippen LogP contribution is -2.29. The quantitative estimate of drug-likeness (QED) is 0.670. The van der Waals surface area contributed by atoms with Crippen LogP contribution in [0, 0.1) is 0 Å². The zero-order valence-corrected chi connectivity index (χ0v) is 16.2. The molecule has 4 rings (SSSR count). The summed E-state index contributed by atoms with van der Waals surface area (Å²) in [4.78, 5) is 31.3. The number of rotatable bonds is 3. The number of hydrogen-bond donors (Lipinski definition) is 1. The first kappa shape index (κ1) is 18.5. The minimum Gasteiger partial charge on any atom is -0.321 e. The number of aromatic nitrogens is 1. The monoisotopic (exact) mass is 411 g/mol. The van der Waals surface area contributed by atoms with Gasteiger partial charge < -0.3 is 5.32 Å². The molecule has 0 unspecified atom stereocenters. The molecule has 2 heterocycles. The van der Waals surface area contributed by atoms with Crippen molar-refractivity contribution < 1.29 is 9.59 Å². The molecule has 1 aromatic heterocycles. The summed E-state index contributed by atoms with van der Waals surface area (Å²) in [6, 6.07) is 15.6. The molecule has 1 N–H and O–H groups in total. The van der Waals surface area contributed by atoms with Crippen molar-refractivity contribution in [1.29, 1.82) is 0 Å². The van der Waals surface area contributed by atoms with Gasteiger partial charge in [-0.2, -0.15) is 0 Å². The maximum Gasteiger partial charge on any atom is 0.259 e. The van der Waals surface area contributed by atoms with Crippen molar-refractivity contribution in [2.24, 2.45) is 0 Å². The van der Waals surface area contributed by atoms with Crippen LogP contribution in [0.4, 0.5) is 11.5 Å². The molecular formula is C21H15Cl2N3O2. The predicted molar refractivity (Wildman–Crippen MR) is 110 cm³/mol. The molecule has 0 saturated carbocycles. The fourth-order valence-corrected chi connectivity index (χ4v) is 3.52. The number of pyridine rings is 1. The van der Waals surface area contributed by atoms with Gasteiger partial charge in [-0.15, -0.1) is 0 Å². The Morgan fingerprint density at radius 3 is 2.61 bits per heavy atom. The number of nitrogens with one attached hydrogen (secondary N) is 1. The van der Waals surface area contributed by atoms with E-state index >= 15 is 0 Å². The largest absolute Gasteiger partial charge is 0.321 e. The Balaban J connectivity index is 1.55. The fourth-order valence-electron chi connectivity index (χ4n) is 3.14. The zero-order valence-electron chi connectivity index (χ0n) is 14.7. The number of halogens is 2. The molecular weight excluding hydrogens is 397 g/mol. The Kier molecular flexibility index (Phi) is 5.03. The lowest BCUT2D eigenvalue weighted by molar-refractivity contribution is 0.0986. The van der Waals surface area contributed by atoms with Crippen LogP contribution in [-0.4, -0.2) is 23.3 Å². The van der Waals surface area contributed by atoms with Crippen molar-refractivity contribution in [3.63, 3.8) is 0 Å². The van der Waals surface area contributed by atoms with Crippen LogP contribution in [0.1, 0.15) is 26.3 Å². The smallest absolute Gasteiger partial charge is 0.259 e. The Morgan fingerprint density at radius 2 is 1.82 bits per heavy atom. The van der Waals surface area contributed by atoms with E-state index in [1.807, 2.05) is 24.3 Å². The molecule has 0 atom stereocenters. The molecule has 1 aliphatic rings. The van der Waals surface area contributed by atoms with Crippen molar-refractivity contribution in [2.75, 3.05) is 16.8 Å². The van der Waals surface area contributed by atoms with Crippen LogP contribution in [0.15, 0.2) is 60.8 Å². The Labute approximate surface area is 171 Å². The summed E-state index contributed by atoms with van der Waals surface area (Å²) < 4.78 is 0. The van der Waals surface area contributed by atoms with Crippen molar-refractivity contribution in [1.82, 2.24) is 4.98 Å². The SMILES string of the molecule is O=C(Nc1cnc2c(c1)CCN2C(=O)c1ccccc1)c1cc(Cl)ccc1Cl. The maximum atomic E-state index is 12.7. The van der Waals surface area contributed by atoms with E-state index in [0.29, 0.717) is 40.1 Å². The molecule has 5 nitrogen and oxygen atoms in total. The Bertz CT molecular complexity index is 1070. The second kappa shape index (κ2) is 7.62. The molecule has 0 bridgehead atoms. The number of carbonyl (C=O) groups is 2. The summed E-state index contributed by atoms with van der Waals surface area (Å²) in [5.74, 6) is 0.159. The van der Waals surface area contributed by atoms with Crippen LogP contribution in [0.5, 0.6) is 0 Å². The third-order valence-electron chi connectivity index (χ3n) is 4.50. The molecule has 0 aliphatic carbocycles. The van der Waals surface area contributed by atoms with E-state index in [9.17, 15) is 9.59 Å². The van der Waals surface area contributed by atoms with Gasteiger partial charge in [0.15, 0.2) is 0 Å². The first-order valence-corrected chi connectivity index (χ1v) is 9.41. The highest BCUT2D eigenvalue weighted by Crippen LogP contribution is 2.29. The van der Waals surface area contributed by atoms with Crippen LogP contribution < -0.4 is 10.2 Å². The van der Waals surface area contributed by atoms with E-state index in [0.717, 1.165) is 5.56 Å². The van der Waals surface area contributed by atoms with Gasteiger partial charge in [-0.1, -0.05) is 41.4 Å². The van der Waals surface area contributed by atoms with E-state index in [1.54, 1.807) is 29.2 Å². The van der Waals surface area contributed by atoms with Gasteiger partial charge in [-0.25, -0.2) is 4.98 Å². The van der Waals surface area contributed by atoms with E-state index in [-0.39, 0.29) is 17.4 Å². The summed E-state index contributed by atoms with van der Waals surface area (Å²) >= 11 is 12.0. The Hall–Kier alpha value is -2.89. The zero-order chi connectivity index (χ0) is 19.7. The van der Waals surface area contributed by atoms with Gasteiger partial charge in [0.2, 0.25) is 0 Å². The van der Waals surface area contributed by atoms with Crippen LogP contribution in [0.2, 0.25) is 10.0 Å². The lowest BCUT2D eigenvalue weighted by atomic mass is 10.2. The number of anilines is 2. The highest BCUT2D eigenvalue weighted by atomic mass is 35.5. The molecule has 3 aromatic rings. The van der Waals surface area contributed by atoms with Gasteiger partial charge in [0.05, 0.1) is 22.5 Å². The van der Waals surface area contributed by atoms with Crippen molar-refractivity contribution >= 4 is 46.5 Å². The van der Waals surface area contributed by atoms with Crippen molar-refractivity contribution in [2.45, 2.75) is 6.42 Å². The Morgan fingerprint density at radius 1 is 1.04 bits per heavy atom. The number of carbonyl (C=O) groups excluding carboxylic acids is 2. The molecule has 140 valence electrons. The first-order valence-electron chi connectivity index (χ1n) is 8.65. The van der Waals surface area contributed by atoms with Gasteiger partial charge in [0.25, 0.3) is 11.8 Å². The van der Waals surface area contributed by atoms with Crippen LogP contribution in [-0.2, 0) is 6.42 Å². The number of fused-ring (bicyclic) bond motifs is 1. The summed E-state index contributed by atoms with van der Waals surface area (Å²) in [6.45, 7) is 0.549. The lowest BCUT2D eigenvalue weighted by Gasteiger charge is -2.16. The average Bonchev–Trinajstić information content (AvgIpc) is 3.13. The molecule has 7 heteroatoms. The molecule has 2 aromatic carbocycles. The highest BCUT2D eigenvalue weighted by Gasteiger charge is 2.27. The second-order valence-electron chi connectivity index (χ2n) is 6.36. The molecule has 0 spiro atoms. The standard InChI is InChI=1S/C21H15Cl2N3O2/c22-15-6-7-18(23)17(11-15)20(27)25-16-10-14-8-9-26(19(14)24-12-16)21(28)13-4-2-1-3-5-13/h1-7,10-12H,8-9H2,(H,25,27). The third-order valence-corrected chi connectivity index (χ3v) is 5.06. The topological polar surface area (TPSA) is 62.3 Å². The van der Waals surface area contributed by atoms with Crippen molar-refractivity contribution in [3.8, 4) is 0 Å². The summed E-state index contributed by atoms with van der Waals surface area (Å²) in [7, 11) is 0. The molecule has 0 saturated heterocycles. The van der Waals surface area contributed by atoms with Gasteiger partial charge in [0.1, 0.15) is 5.82 Å². The van der Waals surface area contributed by atoms with Crippen LogP contribution >= 0.6 is 23.2 Å². The van der Waals surface area contributed by atoms with Crippen molar-refractivity contribution in [3.05, 3.63) is 87.5 Å². The molecule has 28 heavy (non-hydrogen) atoms. The van der Waals surface area contributed by atoms with E-state index in [4.69, 9.17) is 23.2 Å². The minimum atomic E-state index is -0.371. The van der Waals surface area contributed by atoms with E-state index in [1.165, 1.54) is 12.3 Å². The number of hydrogen-bond acceptors (Lipinski definition) is 3. The predicted octanol–water partition coefficient (Wildman–Crippen LogP) is 4.84. The molecule has 2 amide bonds. The summed E-state index contributed by atoms with van der Waals surface area (Å²) in [6.07, 6.45) is 2.20. The summed E-state index contributed by atoms with van der Waals surface area (Å²) in [5.41, 5.74) is 2.34. The summed E-state index contributed by atoms with van der Waals surface area (Å²) in [5, 5.41) is 3.53. The normalized spacial score (nSPS) is 12.6.